The zero-order chi connectivity index (χ0) is 12.9. The lowest BCUT2D eigenvalue weighted by Gasteiger charge is -2.39. The molecule has 0 spiro atoms. The second kappa shape index (κ2) is 6.75. The topological polar surface area (TPSA) is 21.3 Å². The molecule has 1 aliphatic rings. The lowest BCUT2D eigenvalue weighted by atomic mass is 9.69. The average molecular weight is 241 g/mol. The molecule has 2 nitrogen and oxygen atoms in total. The Morgan fingerprint density at radius 2 is 1.82 bits per heavy atom. The van der Waals surface area contributed by atoms with Crippen LogP contribution in [-0.2, 0) is 4.74 Å². The molecule has 1 saturated carbocycles. The first-order valence-electron chi connectivity index (χ1n) is 7.25. The fraction of sp³-hybridized carbons (Fsp3) is 1.00. The van der Waals surface area contributed by atoms with Gasteiger partial charge in [0.25, 0.3) is 0 Å². The molecule has 102 valence electrons. The quantitative estimate of drug-likeness (QED) is 0.767. The molecule has 0 saturated heterocycles. The summed E-state index contributed by atoms with van der Waals surface area (Å²) in [5, 5.41) is 3.64. The molecule has 2 heteroatoms. The largest absolute Gasteiger partial charge is 0.380 e. The van der Waals surface area contributed by atoms with Gasteiger partial charge in [0, 0.05) is 19.7 Å². The van der Waals surface area contributed by atoms with Gasteiger partial charge in [0.1, 0.15) is 0 Å². The van der Waals surface area contributed by atoms with E-state index in [0.717, 1.165) is 18.5 Å². The van der Waals surface area contributed by atoms with Gasteiger partial charge in [-0.3, -0.25) is 0 Å². The van der Waals surface area contributed by atoms with E-state index in [9.17, 15) is 0 Å². The van der Waals surface area contributed by atoms with E-state index in [4.69, 9.17) is 4.74 Å². The number of methoxy groups -OCH3 is 1. The van der Waals surface area contributed by atoms with Gasteiger partial charge in [-0.05, 0) is 43.9 Å². The van der Waals surface area contributed by atoms with E-state index in [-0.39, 0.29) is 0 Å². The normalized spacial score (nSPS) is 28.1. The zero-order valence-electron chi connectivity index (χ0n) is 12.4. The van der Waals surface area contributed by atoms with Gasteiger partial charge in [-0.2, -0.15) is 0 Å². The lowest BCUT2D eigenvalue weighted by Crippen LogP contribution is -2.39. The Hall–Kier alpha value is -0.0800. The molecule has 0 aromatic heterocycles. The third-order valence-electron chi connectivity index (χ3n) is 4.84. The van der Waals surface area contributed by atoms with E-state index >= 15 is 0 Å². The van der Waals surface area contributed by atoms with Gasteiger partial charge in [0.2, 0.25) is 0 Å². The standard InChI is InChI=1S/C15H31NO/c1-6-15(3,4)13-7-9-14(10-8-13)16-11-12(2)17-5/h12-14,16H,6-11H2,1-5H3. The maximum atomic E-state index is 5.27. The van der Waals surface area contributed by atoms with Crippen LogP contribution < -0.4 is 5.32 Å². The molecule has 0 aromatic carbocycles. The minimum Gasteiger partial charge on any atom is -0.380 e. The van der Waals surface area contributed by atoms with Crippen molar-refractivity contribution in [2.45, 2.75) is 71.9 Å². The fourth-order valence-corrected chi connectivity index (χ4v) is 2.78. The van der Waals surface area contributed by atoms with Gasteiger partial charge in [-0.15, -0.1) is 0 Å². The Morgan fingerprint density at radius 3 is 2.29 bits per heavy atom. The summed E-state index contributed by atoms with van der Waals surface area (Å²) in [7, 11) is 1.78. The molecule has 0 bridgehead atoms. The van der Waals surface area contributed by atoms with Gasteiger partial charge in [-0.25, -0.2) is 0 Å². The van der Waals surface area contributed by atoms with Crippen LogP contribution in [0.3, 0.4) is 0 Å². The highest BCUT2D eigenvalue weighted by atomic mass is 16.5. The lowest BCUT2D eigenvalue weighted by molar-refractivity contribution is 0.102. The first kappa shape index (κ1) is 15.0. The summed E-state index contributed by atoms with van der Waals surface area (Å²) < 4.78 is 5.27. The molecule has 1 aliphatic carbocycles. The molecule has 0 aromatic rings. The smallest absolute Gasteiger partial charge is 0.0667 e. The summed E-state index contributed by atoms with van der Waals surface area (Å²) in [4.78, 5) is 0. The highest BCUT2D eigenvalue weighted by Crippen LogP contribution is 2.40. The first-order valence-corrected chi connectivity index (χ1v) is 7.25. The van der Waals surface area contributed by atoms with E-state index < -0.39 is 0 Å². The summed E-state index contributed by atoms with van der Waals surface area (Å²) in [5.41, 5.74) is 0.533. The minimum atomic E-state index is 0.333. The number of rotatable bonds is 6. The predicted octanol–water partition coefficient (Wildman–Crippen LogP) is 3.61. The molecule has 1 N–H and O–H groups in total. The Balaban J connectivity index is 2.26. The van der Waals surface area contributed by atoms with Gasteiger partial charge in [-0.1, -0.05) is 27.2 Å². The molecule has 0 amide bonds. The third-order valence-corrected chi connectivity index (χ3v) is 4.84. The number of ether oxygens (including phenoxy) is 1. The van der Waals surface area contributed by atoms with Crippen LogP contribution in [0.25, 0.3) is 0 Å². The molecule has 1 atom stereocenters. The maximum absolute atomic E-state index is 5.27. The van der Waals surface area contributed by atoms with E-state index in [0.29, 0.717) is 11.5 Å². The summed E-state index contributed by atoms with van der Waals surface area (Å²) >= 11 is 0. The Labute approximate surface area is 108 Å². The van der Waals surface area contributed by atoms with Crippen LogP contribution >= 0.6 is 0 Å². The molecular weight excluding hydrogens is 210 g/mol. The second-order valence-corrected chi connectivity index (χ2v) is 6.35. The number of hydrogen-bond donors (Lipinski definition) is 1. The maximum Gasteiger partial charge on any atom is 0.0667 e. The molecule has 0 aliphatic heterocycles. The van der Waals surface area contributed by atoms with Crippen molar-refractivity contribution in [3.05, 3.63) is 0 Å². The Morgan fingerprint density at radius 1 is 1.24 bits per heavy atom. The first-order chi connectivity index (χ1) is 7.99. The minimum absolute atomic E-state index is 0.333. The second-order valence-electron chi connectivity index (χ2n) is 6.35. The highest BCUT2D eigenvalue weighted by Gasteiger charge is 2.31. The van der Waals surface area contributed by atoms with E-state index in [1.807, 2.05) is 0 Å². The molecule has 1 unspecified atom stereocenters. The molecule has 0 radical (unpaired) electrons. The molecule has 17 heavy (non-hydrogen) atoms. The number of nitrogens with one attached hydrogen (secondary N) is 1. The van der Waals surface area contributed by atoms with E-state index in [2.05, 4.69) is 33.0 Å². The summed E-state index contributed by atoms with van der Waals surface area (Å²) in [6.07, 6.45) is 7.09. The van der Waals surface area contributed by atoms with Crippen LogP contribution in [0.1, 0.15) is 59.8 Å². The third kappa shape index (κ3) is 4.59. The highest BCUT2D eigenvalue weighted by molar-refractivity contribution is 4.85. The molecule has 1 rings (SSSR count). The average Bonchev–Trinajstić information content (AvgIpc) is 2.36. The summed E-state index contributed by atoms with van der Waals surface area (Å²) in [6, 6.07) is 0.719. The van der Waals surface area contributed by atoms with Crippen LogP contribution in [0.15, 0.2) is 0 Å². The van der Waals surface area contributed by atoms with Crippen molar-refractivity contribution < 1.29 is 4.74 Å². The SMILES string of the molecule is CCC(C)(C)C1CCC(NCC(C)OC)CC1. The van der Waals surface area contributed by atoms with Crippen molar-refractivity contribution in [2.75, 3.05) is 13.7 Å². The van der Waals surface area contributed by atoms with E-state index in [1.54, 1.807) is 7.11 Å². The van der Waals surface area contributed by atoms with Crippen LogP contribution in [0.2, 0.25) is 0 Å². The van der Waals surface area contributed by atoms with Crippen LogP contribution in [0, 0.1) is 11.3 Å². The Bertz CT molecular complexity index is 207. The molecule has 1 fully saturated rings. The van der Waals surface area contributed by atoms with Crippen LogP contribution in [0.5, 0.6) is 0 Å². The molecular formula is C15H31NO. The van der Waals surface area contributed by atoms with Crippen LogP contribution in [0.4, 0.5) is 0 Å². The van der Waals surface area contributed by atoms with Gasteiger partial charge < -0.3 is 10.1 Å². The molecule has 0 heterocycles. The zero-order valence-corrected chi connectivity index (χ0v) is 12.4. The van der Waals surface area contributed by atoms with Gasteiger partial charge in [0.05, 0.1) is 6.10 Å². The van der Waals surface area contributed by atoms with Crippen molar-refractivity contribution in [2.24, 2.45) is 11.3 Å². The van der Waals surface area contributed by atoms with Gasteiger partial charge >= 0.3 is 0 Å². The summed E-state index contributed by atoms with van der Waals surface area (Å²) in [6.45, 7) is 10.3. The van der Waals surface area contributed by atoms with Crippen molar-refractivity contribution in [1.29, 1.82) is 0 Å². The Kier molecular flexibility index (Phi) is 5.94. The monoisotopic (exact) mass is 241 g/mol. The fourth-order valence-electron chi connectivity index (χ4n) is 2.78. The van der Waals surface area contributed by atoms with E-state index in [1.165, 1.54) is 32.1 Å². The van der Waals surface area contributed by atoms with Crippen molar-refractivity contribution in [3.8, 4) is 0 Å². The van der Waals surface area contributed by atoms with Crippen molar-refractivity contribution in [3.63, 3.8) is 0 Å². The van der Waals surface area contributed by atoms with Crippen LogP contribution in [-0.4, -0.2) is 25.8 Å². The van der Waals surface area contributed by atoms with Gasteiger partial charge in [0.15, 0.2) is 0 Å². The van der Waals surface area contributed by atoms with Crippen molar-refractivity contribution >= 4 is 0 Å². The summed E-state index contributed by atoms with van der Waals surface area (Å²) in [5.74, 6) is 0.922. The number of hydrogen-bond acceptors (Lipinski definition) is 2. The van der Waals surface area contributed by atoms with Crippen molar-refractivity contribution in [1.82, 2.24) is 5.32 Å². The predicted molar refractivity (Wildman–Crippen MR) is 74.3 cm³/mol.